The Morgan fingerprint density at radius 2 is 1.96 bits per heavy atom. The van der Waals surface area contributed by atoms with Gasteiger partial charge in [-0.15, -0.1) is 10.2 Å². The first-order valence-electron chi connectivity index (χ1n) is 8.86. The van der Waals surface area contributed by atoms with Crippen LogP contribution in [0.4, 0.5) is 5.69 Å². The van der Waals surface area contributed by atoms with Gasteiger partial charge in [0.15, 0.2) is 11.5 Å². The van der Waals surface area contributed by atoms with Crippen LogP contribution in [0, 0.1) is 12.8 Å². The molecule has 7 heteroatoms. The molecule has 0 spiro atoms. The lowest BCUT2D eigenvalue weighted by molar-refractivity contribution is 0.484. The second-order valence-corrected chi connectivity index (χ2v) is 9.32. The van der Waals surface area contributed by atoms with E-state index in [1.165, 1.54) is 5.56 Å². The number of pyridine rings is 1. The minimum absolute atomic E-state index is 0.307. The van der Waals surface area contributed by atoms with Crippen LogP contribution in [0.2, 0.25) is 0 Å². The highest BCUT2D eigenvalue weighted by Crippen LogP contribution is 2.23. The van der Waals surface area contributed by atoms with E-state index >= 15 is 0 Å². The Morgan fingerprint density at radius 1 is 1.15 bits per heavy atom. The van der Waals surface area contributed by atoms with Crippen molar-refractivity contribution in [3.8, 4) is 11.4 Å². The number of hydrogen-bond acceptors (Lipinski definition) is 5. The van der Waals surface area contributed by atoms with E-state index in [1.807, 2.05) is 34.9 Å². The molecule has 1 aliphatic rings. The van der Waals surface area contributed by atoms with E-state index in [2.05, 4.69) is 34.6 Å². The molecule has 4 rings (SSSR count). The van der Waals surface area contributed by atoms with E-state index in [4.69, 9.17) is 0 Å². The number of nitrogens with zero attached hydrogens (tertiary/aromatic N) is 3. The van der Waals surface area contributed by atoms with Crippen molar-refractivity contribution in [1.82, 2.24) is 14.6 Å². The molecule has 26 heavy (non-hydrogen) atoms. The van der Waals surface area contributed by atoms with Crippen molar-refractivity contribution in [1.29, 1.82) is 0 Å². The third kappa shape index (κ3) is 3.58. The monoisotopic (exact) mass is 370 g/mol. The van der Waals surface area contributed by atoms with Crippen molar-refractivity contribution in [3.63, 3.8) is 0 Å². The topological polar surface area (TPSA) is 76.4 Å². The molecule has 1 aliphatic heterocycles. The summed E-state index contributed by atoms with van der Waals surface area (Å²) < 4.78 is 25.1. The van der Waals surface area contributed by atoms with Gasteiger partial charge in [0.1, 0.15) is 9.84 Å². The average molecular weight is 370 g/mol. The largest absolute Gasteiger partial charge is 0.384 e. The fraction of sp³-hybridized carbons (Fsp3) is 0.368. The minimum atomic E-state index is -2.81. The van der Waals surface area contributed by atoms with Crippen molar-refractivity contribution in [2.45, 2.75) is 19.8 Å². The summed E-state index contributed by atoms with van der Waals surface area (Å²) in [7, 11) is -2.81. The number of fused-ring (bicyclic) bond motifs is 1. The van der Waals surface area contributed by atoms with E-state index < -0.39 is 9.84 Å². The molecule has 1 aromatic carbocycles. The molecule has 1 saturated heterocycles. The Hall–Kier alpha value is -2.41. The summed E-state index contributed by atoms with van der Waals surface area (Å²) in [5.41, 5.74) is 4.00. The quantitative estimate of drug-likeness (QED) is 0.764. The Bertz CT molecular complexity index is 1030. The van der Waals surface area contributed by atoms with Crippen LogP contribution in [-0.4, -0.2) is 41.1 Å². The van der Waals surface area contributed by atoms with E-state index in [0.29, 0.717) is 17.4 Å². The van der Waals surface area contributed by atoms with Crippen molar-refractivity contribution in [3.05, 3.63) is 48.2 Å². The molecule has 0 amide bonds. The van der Waals surface area contributed by atoms with Crippen LogP contribution in [0.25, 0.3) is 17.0 Å². The summed E-state index contributed by atoms with van der Waals surface area (Å²) in [5.74, 6) is 1.82. The van der Waals surface area contributed by atoms with Crippen molar-refractivity contribution in [2.24, 2.45) is 5.92 Å². The lowest BCUT2D eigenvalue weighted by atomic mass is 10.0. The summed E-state index contributed by atoms with van der Waals surface area (Å²) in [6, 6.07) is 12.1. The van der Waals surface area contributed by atoms with Crippen molar-refractivity contribution >= 4 is 21.2 Å². The maximum Gasteiger partial charge on any atom is 0.168 e. The number of benzene rings is 1. The number of rotatable bonds is 4. The lowest BCUT2D eigenvalue weighted by Gasteiger charge is -2.22. The van der Waals surface area contributed by atoms with Crippen LogP contribution < -0.4 is 5.32 Å². The molecule has 0 atom stereocenters. The normalized spacial score (nSPS) is 17.4. The number of sulfone groups is 1. The number of nitrogens with one attached hydrogen (secondary N) is 1. The summed E-state index contributed by atoms with van der Waals surface area (Å²) in [6.45, 7) is 2.84. The van der Waals surface area contributed by atoms with Crippen LogP contribution in [0.5, 0.6) is 0 Å². The first-order chi connectivity index (χ1) is 12.5. The third-order valence-corrected chi connectivity index (χ3v) is 6.66. The van der Waals surface area contributed by atoms with Crippen molar-refractivity contribution in [2.75, 3.05) is 23.4 Å². The van der Waals surface area contributed by atoms with Crippen LogP contribution in [-0.2, 0) is 9.84 Å². The molecule has 0 unspecified atom stereocenters. The highest BCUT2D eigenvalue weighted by molar-refractivity contribution is 7.91. The number of aryl methyl sites for hydroxylation is 1. The maximum absolute atomic E-state index is 11.5. The van der Waals surface area contributed by atoms with E-state index in [9.17, 15) is 8.42 Å². The summed E-state index contributed by atoms with van der Waals surface area (Å²) in [5, 5.41) is 12.0. The molecule has 0 radical (unpaired) electrons. The molecule has 1 fully saturated rings. The van der Waals surface area contributed by atoms with Gasteiger partial charge in [-0.05, 0) is 43.9 Å². The predicted molar refractivity (Wildman–Crippen MR) is 103 cm³/mol. The second kappa shape index (κ2) is 6.72. The van der Waals surface area contributed by atoms with Gasteiger partial charge in [0.05, 0.1) is 17.2 Å². The zero-order chi connectivity index (χ0) is 18.1. The van der Waals surface area contributed by atoms with Gasteiger partial charge < -0.3 is 5.32 Å². The Balaban J connectivity index is 1.53. The molecule has 0 bridgehead atoms. The first-order valence-corrected chi connectivity index (χ1v) is 10.7. The van der Waals surface area contributed by atoms with E-state index in [-0.39, 0.29) is 0 Å². The molecular formula is C19H22N4O2S. The van der Waals surface area contributed by atoms with Gasteiger partial charge in [-0.1, -0.05) is 23.8 Å². The van der Waals surface area contributed by atoms with Gasteiger partial charge in [-0.25, -0.2) is 8.42 Å². The van der Waals surface area contributed by atoms with E-state index in [1.54, 1.807) is 0 Å². The van der Waals surface area contributed by atoms with Gasteiger partial charge in [-0.2, -0.15) is 0 Å². The van der Waals surface area contributed by atoms with Crippen molar-refractivity contribution < 1.29 is 8.42 Å². The first kappa shape index (κ1) is 17.0. The van der Waals surface area contributed by atoms with Gasteiger partial charge in [0.2, 0.25) is 0 Å². The minimum Gasteiger partial charge on any atom is -0.384 e. The van der Waals surface area contributed by atoms with Gasteiger partial charge in [0.25, 0.3) is 0 Å². The lowest BCUT2D eigenvalue weighted by Crippen LogP contribution is -2.27. The second-order valence-electron chi connectivity index (χ2n) is 7.02. The van der Waals surface area contributed by atoms with Crippen LogP contribution in [0.3, 0.4) is 0 Å². The molecule has 2 aromatic heterocycles. The summed E-state index contributed by atoms with van der Waals surface area (Å²) in [6.07, 6.45) is 3.48. The highest BCUT2D eigenvalue weighted by Gasteiger charge is 2.23. The molecule has 3 heterocycles. The molecule has 6 nitrogen and oxygen atoms in total. The Kier molecular flexibility index (Phi) is 4.40. The fourth-order valence-electron chi connectivity index (χ4n) is 3.38. The smallest absolute Gasteiger partial charge is 0.168 e. The molecule has 3 aromatic rings. The SMILES string of the molecule is Cc1cccc(-c2nnc3ccc(NCC4CCS(=O)(=O)CC4)cn23)c1. The Morgan fingerprint density at radius 3 is 2.73 bits per heavy atom. The van der Waals surface area contributed by atoms with Crippen LogP contribution >= 0.6 is 0 Å². The number of hydrogen-bond donors (Lipinski definition) is 1. The molecule has 136 valence electrons. The average Bonchev–Trinajstić information content (AvgIpc) is 3.04. The zero-order valence-electron chi connectivity index (χ0n) is 14.7. The van der Waals surface area contributed by atoms with Gasteiger partial charge >= 0.3 is 0 Å². The maximum atomic E-state index is 11.5. The van der Waals surface area contributed by atoms with Gasteiger partial charge in [0, 0.05) is 18.3 Å². The third-order valence-electron chi connectivity index (χ3n) is 4.95. The summed E-state index contributed by atoms with van der Waals surface area (Å²) >= 11 is 0. The van der Waals surface area contributed by atoms with Crippen LogP contribution in [0.1, 0.15) is 18.4 Å². The van der Waals surface area contributed by atoms with E-state index in [0.717, 1.165) is 42.1 Å². The number of anilines is 1. The van der Waals surface area contributed by atoms with Gasteiger partial charge in [-0.3, -0.25) is 4.40 Å². The highest BCUT2D eigenvalue weighted by atomic mass is 32.2. The zero-order valence-corrected chi connectivity index (χ0v) is 15.5. The molecule has 1 N–H and O–H groups in total. The molecule has 0 aliphatic carbocycles. The fourth-order valence-corrected chi connectivity index (χ4v) is 4.97. The molecule has 0 saturated carbocycles. The number of aromatic nitrogens is 3. The van der Waals surface area contributed by atoms with Crippen LogP contribution in [0.15, 0.2) is 42.6 Å². The summed E-state index contributed by atoms with van der Waals surface area (Å²) in [4.78, 5) is 0. The molecular weight excluding hydrogens is 348 g/mol. The predicted octanol–water partition coefficient (Wildman–Crippen LogP) is 2.94. The Labute approximate surface area is 153 Å². The standard InChI is InChI=1S/C19H22N4O2S/c1-14-3-2-4-16(11-14)19-22-21-18-6-5-17(13-23(18)19)20-12-15-7-9-26(24,25)10-8-15/h2-6,11,13,15,20H,7-10,12H2,1H3.